The molecule has 0 unspecified atom stereocenters. The van der Waals surface area contributed by atoms with Crippen LogP contribution in [0.2, 0.25) is 0 Å². The molecule has 0 amide bonds. The molecule has 0 radical (unpaired) electrons. The Morgan fingerprint density at radius 1 is 1.05 bits per heavy atom. The van der Waals surface area contributed by atoms with E-state index in [9.17, 15) is 4.55 Å². The minimum Gasteiger partial charge on any atom is -0.616 e. The van der Waals surface area contributed by atoms with Crippen molar-refractivity contribution in [3.05, 3.63) is 23.8 Å². The molecule has 1 saturated carbocycles. The summed E-state index contributed by atoms with van der Waals surface area (Å²) in [5.41, 5.74) is 1.31. The Morgan fingerprint density at radius 2 is 1.76 bits per heavy atom. The molecule has 3 rings (SSSR count). The Bertz CT molecular complexity index is 463. The van der Waals surface area contributed by atoms with Crippen LogP contribution in [0.5, 0.6) is 11.5 Å². The molecule has 2 fully saturated rings. The van der Waals surface area contributed by atoms with Gasteiger partial charge in [0.25, 0.3) is 0 Å². The summed E-state index contributed by atoms with van der Waals surface area (Å²) < 4.78 is 23.1. The molecule has 0 spiro atoms. The van der Waals surface area contributed by atoms with Gasteiger partial charge < -0.3 is 14.0 Å². The molecule has 1 heterocycles. The van der Waals surface area contributed by atoms with Crippen molar-refractivity contribution in [1.82, 2.24) is 0 Å². The molecule has 21 heavy (non-hydrogen) atoms. The Labute approximate surface area is 130 Å². The van der Waals surface area contributed by atoms with Crippen LogP contribution in [0.3, 0.4) is 0 Å². The Kier molecular flexibility index (Phi) is 4.96. The number of hydrogen-bond acceptors (Lipinski definition) is 3. The van der Waals surface area contributed by atoms with Crippen molar-refractivity contribution in [2.75, 3.05) is 18.6 Å². The molecule has 2 aliphatic rings. The van der Waals surface area contributed by atoms with Crippen LogP contribution in [0.1, 0.15) is 50.0 Å². The zero-order valence-corrected chi connectivity index (χ0v) is 13.5. The first kappa shape index (κ1) is 15.0. The summed E-state index contributed by atoms with van der Waals surface area (Å²) in [5, 5.41) is 0. The van der Waals surface area contributed by atoms with E-state index in [1.54, 1.807) is 7.11 Å². The fourth-order valence-electron chi connectivity index (χ4n) is 3.35. The molecule has 1 saturated heterocycles. The molecule has 1 aliphatic carbocycles. The maximum Gasteiger partial charge on any atom is 0.161 e. The van der Waals surface area contributed by atoms with Crippen LogP contribution in [0, 0.1) is 0 Å². The smallest absolute Gasteiger partial charge is 0.161 e. The minimum atomic E-state index is -0.606. The van der Waals surface area contributed by atoms with Crippen molar-refractivity contribution in [1.29, 1.82) is 0 Å². The van der Waals surface area contributed by atoms with E-state index >= 15 is 0 Å². The molecule has 3 nitrogen and oxygen atoms in total. The largest absolute Gasteiger partial charge is 0.616 e. The lowest BCUT2D eigenvalue weighted by molar-refractivity contribution is 0.200. The predicted molar refractivity (Wildman–Crippen MR) is 85.7 cm³/mol. The topological polar surface area (TPSA) is 41.5 Å². The first-order valence-corrected chi connectivity index (χ1v) is 9.44. The third-order valence-electron chi connectivity index (χ3n) is 4.64. The van der Waals surface area contributed by atoms with Crippen molar-refractivity contribution in [2.45, 2.75) is 50.5 Å². The van der Waals surface area contributed by atoms with Crippen LogP contribution in [0.4, 0.5) is 0 Å². The van der Waals surface area contributed by atoms with Crippen LogP contribution in [-0.2, 0) is 11.2 Å². The lowest BCUT2D eigenvalue weighted by Crippen LogP contribution is -2.22. The third-order valence-corrected chi connectivity index (χ3v) is 6.02. The van der Waals surface area contributed by atoms with Gasteiger partial charge in [0.15, 0.2) is 11.5 Å². The molecule has 0 aromatic heterocycles. The van der Waals surface area contributed by atoms with Gasteiger partial charge in [0, 0.05) is 0 Å². The Balaban J connectivity index is 1.75. The summed E-state index contributed by atoms with van der Waals surface area (Å²) in [6.45, 7) is 0. The fraction of sp³-hybridized carbons (Fsp3) is 0.647. The van der Waals surface area contributed by atoms with Crippen LogP contribution >= 0.6 is 0 Å². The van der Waals surface area contributed by atoms with Crippen LogP contribution in [0.25, 0.3) is 0 Å². The summed E-state index contributed by atoms with van der Waals surface area (Å²) in [4.78, 5) is 0. The van der Waals surface area contributed by atoms with Crippen LogP contribution in [0.15, 0.2) is 18.2 Å². The standard InChI is InChI=1S/C17H24O3S/c1-19-16-7-6-14(13-8-10-21(18)11-9-13)12-17(16)20-15-4-2-3-5-15/h6-7,12-13,15H,2-5,8-11H2,1H3/t13-,21-. The average Bonchev–Trinajstić information content (AvgIpc) is 3.01. The van der Waals surface area contributed by atoms with Gasteiger partial charge in [-0.15, -0.1) is 0 Å². The normalized spacial score (nSPS) is 26.8. The summed E-state index contributed by atoms with van der Waals surface area (Å²) in [6, 6.07) is 6.31. The number of hydrogen-bond donors (Lipinski definition) is 0. The second-order valence-corrected chi connectivity index (χ2v) is 7.75. The van der Waals surface area contributed by atoms with Gasteiger partial charge in [0.05, 0.1) is 13.2 Å². The van der Waals surface area contributed by atoms with E-state index < -0.39 is 11.2 Å². The van der Waals surface area contributed by atoms with Crippen LogP contribution in [-0.4, -0.2) is 29.3 Å². The van der Waals surface area contributed by atoms with Gasteiger partial charge in [-0.1, -0.05) is 17.2 Å². The van der Waals surface area contributed by atoms with Crippen molar-refractivity contribution >= 4 is 11.2 Å². The van der Waals surface area contributed by atoms with E-state index in [0.717, 1.165) is 48.7 Å². The highest BCUT2D eigenvalue weighted by Gasteiger charge is 2.25. The monoisotopic (exact) mass is 308 g/mol. The number of benzene rings is 1. The van der Waals surface area contributed by atoms with Gasteiger partial charge in [-0.2, -0.15) is 0 Å². The zero-order chi connectivity index (χ0) is 14.7. The van der Waals surface area contributed by atoms with Gasteiger partial charge in [-0.05, 0) is 62.1 Å². The highest BCUT2D eigenvalue weighted by Crippen LogP contribution is 2.37. The molecule has 0 N–H and O–H groups in total. The molecule has 1 aliphatic heterocycles. The first-order chi connectivity index (χ1) is 10.3. The molecular formula is C17H24O3S. The molecule has 1 aromatic carbocycles. The number of methoxy groups -OCH3 is 1. The first-order valence-electron chi connectivity index (χ1n) is 7.96. The lowest BCUT2D eigenvalue weighted by Gasteiger charge is -2.25. The highest BCUT2D eigenvalue weighted by molar-refractivity contribution is 7.91. The summed E-state index contributed by atoms with van der Waals surface area (Å²) in [6.07, 6.45) is 7.20. The number of rotatable bonds is 4. The highest BCUT2D eigenvalue weighted by atomic mass is 32.2. The van der Waals surface area contributed by atoms with Gasteiger partial charge >= 0.3 is 0 Å². The third kappa shape index (κ3) is 3.67. The summed E-state index contributed by atoms with van der Waals surface area (Å²) >= 11 is -0.606. The minimum absolute atomic E-state index is 0.341. The average molecular weight is 308 g/mol. The molecule has 116 valence electrons. The second kappa shape index (κ2) is 6.93. The predicted octanol–water partition coefficient (Wildman–Crippen LogP) is 3.64. The maximum absolute atomic E-state index is 11.5. The van der Waals surface area contributed by atoms with E-state index in [-0.39, 0.29) is 0 Å². The van der Waals surface area contributed by atoms with E-state index in [0.29, 0.717) is 12.0 Å². The fourth-order valence-corrected chi connectivity index (χ4v) is 4.65. The van der Waals surface area contributed by atoms with Gasteiger partial charge in [0.1, 0.15) is 11.5 Å². The molecule has 4 heteroatoms. The van der Waals surface area contributed by atoms with Crippen LogP contribution < -0.4 is 9.47 Å². The Morgan fingerprint density at radius 3 is 2.43 bits per heavy atom. The maximum atomic E-state index is 11.5. The zero-order valence-electron chi connectivity index (χ0n) is 12.7. The van der Waals surface area contributed by atoms with Gasteiger partial charge in [-0.25, -0.2) is 0 Å². The second-order valence-electron chi connectivity index (χ2n) is 6.06. The molecule has 0 bridgehead atoms. The quantitative estimate of drug-likeness (QED) is 0.797. The summed E-state index contributed by atoms with van der Waals surface area (Å²) in [5.74, 6) is 3.88. The van der Waals surface area contributed by atoms with Gasteiger partial charge in [0.2, 0.25) is 0 Å². The summed E-state index contributed by atoms with van der Waals surface area (Å²) in [7, 11) is 1.69. The number of ether oxygens (including phenoxy) is 2. The van der Waals surface area contributed by atoms with Crippen molar-refractivity contribution in [2.24, 2.45) is 0 Å². The van der Waals surface area contributed by atoms with Crippen molar-refractivity contribution in [3.63, 3.8) is 0 Å². The molecular weight excluding hydrogens is 284 g/mol. The Hall–Kier alpha value is -0.870. The van der Waals surface area contributed by atoms with E-state index in [1.165, 1.54) is 18.4 Å². The molecule has 1 aromatic rings. The van der Waals surface area contributed by atoms with E-state index in [1.807, 2.05) is 6.07 Å². The van der Waals surface area contributed by atoms with Crippen molar-refractivity contribution in [3.8, 4) is 11.5 Å². The van der Waals surface area contributed by atoms with Crippen molar-refractivity contribution < 1.29 is 14.0 Å². The lowest BCUT2D eigenvalue weighted by atomic mass is 9.93. The SMILES string of the molecule is COc1ccc([C@H]2CC[S@+]([O-])CC2)cc1OC1CCCC1. The van der Waals surface area contributed by atoms with Gasteiger partial charge in [-0.3, -0.25) is 0 Å². The van der Waals surface area contributed by atoms with E-state index in [2.05, 4.69) is 12.1 Å². The molecule has 0 atom stereocenters. The van der Waals surface area contributed by atoms with E-state index in [4.69, 9.17) is 9.47 Å².